The van der Waals surface area contributed by atoms with Gasteiger partial charge in [-0.05, 0) is 94.0 Å². The topological polar surface area (TPSA) is 77.1 Å². The van der Waals surface area contributed by atoms with Crippen molar-refractivity contribution in [1.82, 2.24) is 9.62 Å². The van der Waals surface area contributed by atoms with Crippen molar-refractivity contribution in [3.05, 3.63) is 45.5 Å². The molecule has 2 aromatic carbocycles. The van der Waals surface area contributed by atoms with Crippen molar-refractivity contribution in [1.29, 1.82) is 0 Å². The van der Waals surface area contributed by atoms with Crippen LogP contribution in [0.2, 0.25) is 0 Å². The van der Waals surface area contributed by atoms with Crippen LogP contribution in [0.5, 0.6) is 17.2 Å². The van der Waals surface area contributed by atoms with Gasteiger partial charge in [-0.1, -0.05) is 0 Å². The zero-order chi connectivity index (χ0) is 25.5. The molecule has 192 valence electrons. The smallest absolute Gasteiger partial charge is 0.241 e. The fourth-order valence-electron chi connectivity index (χ4n) is 5.36. The number of hydrogen-bond acceptors (Lipinski definition) is 6. The fraction of sp³-hybridized carbons (Fsp3) is 0.556. The number of ether oxygens (including phenoxy) is 3. The van der Waals surface area contributed by atoms with Crippen LogP contribution in [-0.4, -0.2) is 52.8 Å². The lowest BCUT2D eigenvalue weighted by molar-refractivity contribution is 0.137. The van der Waals surface area contributed by atoms with Gasteiger partial charge < -0.3 is 14.2 Å². The second kappa shape index (κ2) is 9.64. The maximum absolute atomic E-state index is 13.3. The van der Waals surface area contributed by atoms with Gasteiger partial charge >= 0.3 is 0 Å². The van der Waals surface area contributed by atoms with E-state index < -0.39 is 10.0 Å². The van der Waals surface area contributed by atoms with Crippen molar-refractivity contribution >= 4 is 10.0 Å². The molecule has 35 heavy (non-hydrogen) atoms. The van der Waals surface area contributed by atoms with E-state index in [-0.39, 0.29) is 5.60 Å². The number of fused-ring (bicyclic) bond motifs is 2. The Hall–Kier alpha value is -2.29. The van der Waals surface area contributed by atoms with Crippen LogP contribution in [0.25, 0.3) is 0 Å². The second-order valence-corrected chi connectivity index (χ2v) is 12.0. The van der Waals surface area contributed by atoms with Gasteiger partial charge in [-0.3, -0.25) is 4.90 Å². The van der Waals surface area contributed by atoms with Crippen molar-refractivity contribution in [3.63, 3.8) is 0 Å². The highest BCUT2D eigenvalue weighted by molar-refractivity contribution is 7.89. The van der Waals surface area contributed by atoms with E-state index in [2.05, 4.69) is 21.8 Å². The minimum absolute atomic E-state index is 0.317. The molecule has 1 N–H and O–H groups in total. The van der Waals surface area contributed by atoms with Gasteiger partial charge in [-0.25, -0.2) is 13.1 Å². The van der Waals surface area contributed by atoms with E-state index in [1.165, 1.54) is 11.1 Å². The van der Waals surface area contributed by atoms with Crippen LogP contribution < -0.4 is 18.9 Å². The standard InChI is InChI=1S/C27H38N2O5S/c1-17-18(2)26(19(3)22-15-27(4,5)34-25(17)22)35(30,31)28-10-8-11-29-12-9-20-13-23(32-6)24(33-7)14-21(20)16-29/h13-14,28H,8-12,15-16H2,1-7H3. The molecule has 0 atom stereocenters. The number of nitrogens with zero attached hydrogens (tertiary/aromatic N) is 1. The summed E-state index contributed by atoms with van der Waals surface area (Å²) in [7, 11) is -0.321. The summed E-state index contributed by atoms with van der Waals surface area (Å²) in [4.78, 5) is 2.76. The molecule has 7 nitrogen and oxygen atoms in total. The van der Waals surface area contributed by atoms with Crippen molar-refractivity contribution < 1.29 is 22.6 Å². The maximum atomic E-state index is 13.3. The molecule has 2 heterocycles. The Labute approximate surface area is 209 Å². The summed E-state index contributed by atoms with van der Waals surface area (Å²) >= 11 is 0. The summed E-state index contributed by atoms with van der Waals surface area (Å²) in [6.07, 6.45) is 2.39. The molecule has 2 aliphatic rings. The molecule has 0 radical (unpaired) electrons. The Kier molecular flexibility index (Phi) is 7.10. The van der Waals surface area contributed by atoms with Crippen LogP contribution in [0.3, 0.4) is 0 Å². The van der Waals surface area contributed by atoms with Gasteiger partial charge in [0, 0.05) is 31.6 Å². The summed E-state index contributed by atoms with van der Waals surface area (Å²) in [6.45, 7) is 12.8. The van der Waals surface area contributed by atoms with Gasteiger partial charge in [-0.15, -0.1) is 0 Å². The highest BCUT2D eigenvalue weighted by Crippen LogP contribution is 2.43. The molecule has 0 aliphatic carbocycles. The predicted octanol–water partition coefficient (Wildman–Crippen LogP) is 4.07. The second-order valence-electron chi connectivity index (χ2n) is 10.3. The molecule has 0 saturated carbocycles. The normalized spacial score (nSPS) is 17.0. The van der Waals surface area contributed by atoms with E-state index in [4.69, 9.17) is 14.2 Å². The predicted molar refractivity (Wildman–Crippen MR) is 137 cm³/mol. The van der Waals surface area contributed by atoms with E-state index in [0.717, 1.165) is 72.0 Å². The third-order valence-corrected chi connectivity index (χ3v) is 9.03. The van der Waals surface area contributed by atoms with Crippen molar-refractivity contribution in [2.45, 2.75) is 70.9 Å². The van der Waals surface area contributed by atoms with Gasteiger partial charge in [0.25, 0.3) is 0 Å². The van der Waals surface area contributed by atoms with E-state index in [0.29, 0.717) is 17.9 Å². The van der Waals surface area contributed by atoms with E-state index in [1.54, 1.807) is 14.2 Å². The zero-order valence-corrected chi connectivity index (χ0v) is 22.8. The van der Waals surface area contributed by atoms with E-state index in [1.807, 2.05) is 34.6 Å². The quantitative estimate of drug-likeness (QED) is 0.549. The maximum Gasteiger partial charge on any atom is 0.241 e. The number of methoxy groups -OCH3 is 2. The molecule has 0 aromatic heterocycles. The van der Waals surface area contributed by atoms with Gasteiger partial charge in [0.05, 0.1) is 19.1 Å². The lowest BCUT2D eigenvalue weighted by atomic mass is 9.94. The number of nitrogens with one attached hydrogen (secondary N) is 1. The zero-order valence-electron chi connectivity index (χ0n) is 22.0. The Morgan fingerprint density at radius 1 is 1.03 bits per heavy atom. The van der Waals surface area contributed by atoms with Gasteiger partial charge in [0.15, 0.2) is 11.5 Å². The van der Waals surface area contributed by atoms with E-state index in [9.17, 15) is 8.42 Å². The molecule has 0 fully saturated rings. The van der Waals surface area contributed by atoms with Crippen molar-refractivity contribution in [3.8, 4) is 17.2 Å². The summed E-state index contributed by atoms with van der Waals surface area (Å²) in [5.74, 6) is 2.35. The molecule has 2 aliphatic heterocycles. The van der Waals surface area contributed by atoms with Gasteiger partial charge in [-0.2, -0.15) is 0 Å². The molecule has 4 rings (SSSR count). The summed E-state index contributed by atoms with van der Waals surface area (Å²) < 4.78 is 46.6. The molecule has 0 spiro atoms. The number of sulfonamides is 1. The first-order chi connectivity index (χ1) is 16.5. The Morgan fingerprint density at radius 3 is 2.34 bits per heavy atom. The number of benzene rings is 2. The first-order valence-corrected chi connectivity index (χ1v) is 13.7. The molecule has 0 bridgehead atoms. The molecule has 0 amide bonds. The third-order valence-electron chi connectivity index (χ3n) is 7.30. The lowest BCUT2D eigenvalue weighted by Gasteiger charge is -2.29. The van der Waals surface area contributed by atoms with Crippen molar-refractivity contribution in [2.75, 3.05) is 33.9 Å². The van der Waals surface area contributed by atoms with Crippen LogP contribution in [0.4, 0.5) is 0 Å². The minimum atomic E-state index is -3.63. The highest BCUT2D eigenvalue weighted by Gasteiger charge is 2.36. The summed E-state index contributed by atoms with van der Waals surface area (Å²) in [5.41, 5.74) is 5.70. The molecule has 2 aromatic rings. The minimum Gasteiger partial charge on any atom is -0.493 e. The first kappa shape index (κ1) is 25.8. The lowest BCUT2D eigenvalue weighted by Crippen LogP contribution is -2.34. The largest absolute Gasteiger partial charge is 0.493 e. The van der Waals surface area contributed by atoms with Crippen LogP contribution in [-0.2, 0) is 29.4 Å². The summed E-state index contributed by atoms with van der Waals surface area (Å²) in [5, 5.41) is 0. The van der Waals surface area contributed by atoms with Gasteiger partial charge in [0.1, 0.15) is 11.4 Å². The fourth-order valence-corrected chi connectivity index (χ4v) is 7.00. The number of rotatable bonds is 8. The average molecular weight is 503 g/mol. The first-order valence-electron chi connectivity index (χ1n) is 12.2. The SMILES string of the molecule is COc1cc2c(cc1OC)CN(CCCNS(=O)(=O)c1c(C)c(C)c3c(c1C)CC(C)(C)O3)CC2. The Balaban J connectivity index is 1.40. The Morgan fingerprint density at radius 2 is 1.69 bits per heavy atom. The average Bonchev–Trinajstić information content (AvgIpc) is 3.15. The Bertz CT molecular complexity index is 1240. The van der Waals surface area contributed by atoms with Crippen LogP contribution in [0.15, 0.2) is 17.0 Å². The number of hydrogen-bond donors (Lipinski definition) is 1. The summed E-state index contributed by atoms with van der Waals surface area (Å²) in [6, 6.07) is 4.12. The monoisotopic (exact) mass is 502 g/mol. The van der Waals surface area contributed by atoms with Crippen LogP contribution in [0, 0.1) is 20.8 Å². The molecular weight excluding hydrogens is 464 g/mol. The highest BCUT2D eigenvalue weighted by atomic mass is 32.2. The van der Waals surface area contributed by atoms with Crippen LogP contribution >= 0.6 is 0 Å². The van der Waals surface area contributed by atoms with E-state index >= 15 is 0 Å². The molecule has 8 heteroatoms. The van der Waals surface area contributed by atoms with Crippen LogP contribution in [0.1, 0.15) is 53.6 Å². The van der Waals surface area contributed by atoms with Gasteiger partial charge in [0.2, 0.25) is 10.0 Å². The molecular formula is C27H38N2O5S. The molecule has 0 unspecified atom stereocenters. The molecule has 0 saturated heterocycles. The van der Waals surface area contributed by atoms with Crippen molar-refractivity contribution in [2.24, 2.45) is 0 Å². The third kappa shape index (κ3) is 5.01.